The first-order valence-corrected chi connectivity index (χ1v) is 10.4. The van der Waals surface area contributed by atoms with Crippen molar-refractivity contribution in [3.05, 3.63) is 0 Å². The summed E-state index contributed by atoms with van der Waals surface area (Å²) in [6.45, 7) is 16.9. The van der Waals surface area contributed by atoms with Crippen LogP contribution in [0, 0.1) is 5.92 Å². The number of carbonyl (C=O) groups is 3. The number of hydrazone groups is 1. The molecule has 1 atom stereocenters. The van der Waals surface area contributed by atoms with Crippen molar-refractivity contribution < 1.29 is 33.5 Å². The highest BCUT2D eigenvalue weighted by atomic mass is 16.8. The largest absolute Gasteiger partial charge is 0.534 e. The van der Waals surface area contributed by atoms with E-state index in [0.29, 0.717) is 5.06 Å². The molecule has 0 radical (unpaired) electrons. The van der Waals surface area contributed by atoms with E-state index in [0.717, 1.165) is 5.01 Å². The Morgan fingerprint density at radius 1 is 1.12 bits per heavy atom. The molecule has 0 fully saturated rings. The number of amides is 2. The zero-order valence-electron chi connectivity index (χ0n) is 20.9. The fourth-order valence-electron chi connectivity index (χ4n) is 2.77. The molecule has 0 aromatic rings. The molecule has 32 heavy (non-hydrogen) atoms. The minimum Gasteiger partial charge on any atom is -0.442 e. The van der Waals surface area contributed by atoms with Crippen LogP contribution >= 0.6 is 0 Å². The van der Waals surface area contributed by atoms with Gasteiger partial charge in [0.05, 0.1) is 11.4 Å². The van der Waals surface area contributed by atoms with Crippen LogP contribution in [-0.2, 0) is 23.9 Å². The topological polar surface area (TPSA) is 119 Å². The van der Waals surface area contributed by atoms with Gasteiger partial charge in [-0.25, -0.2) is 14.6 Å². The molecule has 0 N–H and O–H groups in total. The Labute approximate surface area is 189 Å². The maximum Gasteiger partial charge on any atom is 0.534 e. The van der Waals surface area contributed by atoms with Crippen LogP contribution < -0.4 is 0 Å². The van der Waals surface area contributed by atoms with E-state index in [-0.39, 0.29) is 23.9 Å². The number of likely N-dealkylation sites (N-methyl/N-ethyl adjacent to an activating group) is 1. The van der Waals surface area contributed by atoms with Gasteiger partial charge in [-0.1, -0.05) is 19.0 Å². The summed E-state index contributed by atoms with van der Waals surface area (Å²) < 4.78 is 10.6. The molecule has 1 rings (SSSR count). The highest BCUT2D eigenvalue weighted by Crippen LogP contribution is 2.31. The van der Waals surface area contributed by atoms with Crippen molar-refractivity contribution in [2.24, 2.45) is 16.2 Å². The van der Waals surface area contributed by atoms with Gasteiger partial charge >= 0.3 is 12.2 Å². The van der Waals surface area contributed by atoms with Gasteiger partial charge in [-0.15, -0.1) is 5.06 Å². The van der Waals surface area contributed by atoms with Gasteiger partial charge in [0, 0.05) is 7.05 Å². The van der Waals surface area contributed by atoms with Gasteiger partial charge in [-0.2, -0.15) is 5.10 Å². The maximum atomic E-state index is 13.3. The highest BCUT2D eigenvalue weighted by molar-refractivity contribution is 6.33. The second-order valence-electron chi connectivity index (χ2n) is 9.92. The first-order chi connectivity index (χ1) is 14.4. The van der Waals surface area contributed by atoms with Crippen LogP contribution in [0.5, 0.6) is 0 Å². The smallest absolute Gasteiger partial charge is 0.442 e. The molecule has 1 aliphatic heterocycles. The molecule has 1 aliphatic rings. The monoisotopic (exact) mass is 456 g/mol. The molecule has 0 spiro atoms. The molecular formula is C21H36N4O7. The van der Waals surface area contributed by atoms with Crippen LogP contribution in [0.3, 0.4) is 0 Å². The standard InChI is InChI=1S/C21H36N4O7/c1-13(2)12-29-23-15(4)21(14(3)22-24(11)16(21)26)25(17(27)30-19(5,6)7)32-18(28)31-20(8,9)10/h13H,12H2,1-11H3. The van der Waals surface area contributed by atoms with E-state index >= 15 is 0 Å². The lowest BCUT2D eigenvalue weighted by Gasteiger charge is -2.37. The van der Waals surface area contributed by atoms with Crippen molar-refractivity contribution in [2.75, 3.05) is 13.7 Å². The molecule has 2 amide bonds. The molecule has 11 nitrogen and oxygen atoms in total. The second kappa shape index (κ2) is 9.74. The van der Waals surface area contributed by atoms with Crippen molar-refractivity contribution in [3.63, 3.8) is 0 Å². The van der Waals surface area contributed by atoms with Crippen LogP contribution in [0.4, 0.5) is 9.59 Å². The van der Waals surface area contributed by atoms with Gasteiger partial charge in [-0.3, -0.25) is 9.63 Å². The number of ether oxygens (including phenoxy) is 2. The van der Waals surface area contributed by atoms with Crippen molar-refractivity contribution in [3.8, 4) is 0 Å². The first kappa shape index (κ1) is 27.2. The fraction of sp³-hybridized carbons (Fsp3) is 0.762. The Bertz CT molecular complexity index is 793. The number of hydrogen-bond acceptors (Lipinski definition) is 9. The van der Waals surface area contributed by atoms with E-state index in [9.17, 15) is 14.4 Å². The normalized spacial score (nSPS) is 19.6. The van der Waals surface area contributed by atoms with E-state index in [1.165, 1.54) is 20.9 Å². The van der Waals surface area contributed by atoms with E-state index in [2.05, 4.69) is 10.3 Å². The quantitative estimate of drug-likeness (QED) is 0.351. The predicted molar refractivity (Wildman–Crippen MR) is 118 cm³/mol. The zero-order chi connectivity index (χ0) is 25.1. The molecule has 0 aromatic carbocycles. The van der Waals surface area contributed by atoms with Gasteiger partial charge in [-0.05, 0) is 61.3 Å². The zero-order valence-corrected chi connectivity index (χ0v) is 20.9. The number of rotatable bonds is 5. The lowest BCUT2D eigenvalue weighted by molar-refractivity contribution is -0.169. The molecule has 0 aliphatic carbocycles. The number of oxime groups is 1. The first-order valence-electron chi connectivity index (χ1n) is 10.4. The number of nitrogens with zero attached hydrogens (tertiary/aromatic N) is 4. The molecule has 1 unspecified atom stereocenters. The summed E-state index contributed by atoms with van der Waals surface area (Å²) in [6.07, 6.45) is -2.30. The van der Waals surface area contributed by atoms with Crippen molar-refractivity contribution in [2.45, 2.75) is 86.0 Å². The molecule has 182 valence electrons. The third kappa shape index (κ3) is 6.57. The lowest BCUT2D eigenvalue weighted by atomic mass is 9.88. The third-order valence-corrected chi connectivity index (χ3v) is 3.98. The van der Waals surface area contributed by atoms with Gasteiger partial charge in [0.25, 0.3) is 5.91 Å². The summed E-state index contributed by atoms with van der Waals surface area (Å²) in [4.78, 5) is 49.7. The highest BCUT2D eigenvalue weighted by Gasteiger charge is 2.61. The SMILES string of the molecule is CC(=NOCC(C)C)C1(N(OC(=O)OC(C)(C)C)C(=O)OC(C)(C)C)C(=O)N(C)N=C1C. The lowest BCUT2D eigenvalue weighted by Crippen LogP contribution is -2.66. The minimum absolute atomic E-state index is 0.0307. The number of carbonyl (C=O) groups excluding carboxylic acids is 3. The Morgan fingerprint density at radius 3 is 2.06 bits per heavy atom. The molecule has 0 saturated heterocycles. The molecular weight excluding hydrogens is 420 g/mol. The van der Waals surface area contributed by atoms with Crippen molar-refractivity contribution in [1.82, 2.24) is 10.1 Å². The predicted octanol–water partition coefficient (Wildman–Crippen LogP) is 3.73. The van der Waals surface area contributed by atoms with E-state index in [1.807, 2.05) is 13.8 Å². The van der Waals surface area contributed by atoms with Gasteiger partial charge in [0.15, 0.2) is 0 Å². The molecule has 11 heteroatoms. The summed E-state index contributed by atoms with van der Waals surface area (Å²) in [5.41, 5.74) is -3.71. The average Bonchev–Trinajstić information content (AvgIpc) is 2.79. The number of hydroxylamine groups is 2. The molecule has 1 heterocycles. The van der Waals surface area contributed by atoms with Crippen LogP contribution in [0.1, 0.15) is 69.2 Å². The van der Waals surface area contributed by atoms with Crippen LogP contribution in [-0.4, -0.2) is 70.0 Å². The molecule has 0 bridgehead atoms. The Hall–Kier alpha value is -2.85. The van der Waals surface area contributed by atoms with E-state index in [1.54, 1.807) is 41.5 Å². The van der Waals surface area contributed by atoms with Gasteiger partial charge < -0.3 is 14.3 Å². The summed E-state index contributed by atoms with van der Waals surface area (Å²) in [6, 6.07) is 0. The van der Waals surface area contributed by atoms with Crippen LogP contribution in [0.2, 0.25) is 0 Å². The molecule has 0 aromatic heterocycles. The van der Waals surface area contributed by atoms with E-state index < -0.39 is 34.9 Å². The van der Waals surface area contributed by atoms with Crippen molar-refractivity contribution in [1.29, 1.82) is 0 Å². The Balaban J connectivity index is 3.59. The second-order valence-corrected chi connectivity index (χ2v) is 9.92. The van der Waals surface area contributed by atoms with E-state index in [4.69, 9.17) is 19.1 Å². The fourth-order valence-corrected chi connectivity index (χ4v) is 2.77. The summed E-state index contributed by atoms with van der Waals surface area (Å²) in [5.74, 6) is -0.516. The average molecular weight is 457 g/mol. The maximum absolute atomic E-state index is 13.3. The van der Waals surface area contributed by atoms with Crippen LogP contribution in [0.15, 0.2) is 10.3 Å². The van der Waals surface area contributed by atoms with Crippen LogP contribution in [0.25, 0.3) is 0 Å². The minimum atomic E-state index is -2.01. The summed E-state index contributed by atoms with van der Waals surface area (Å²) in [7, 11) is 1.41. The summed E-state index contributed by atoms with van der Waals surface area (Å²) >= 11 is 0. The Morgan fingerprint density at radius 2 is 1.66 bits per heavy atom. The van der Waals surface area contributed by atoms with Gasteiger partial charge in [0.2, 0.25) is 5.54 Å². The summed E-state index contributed by atoms with van der Waals surface area (Å²) in [5, 5.41) is 9.75. The van der Waals surface area contributed by atoms with Gasteiger partial charge in [0.1, 0.15) is 17.8 Å². The Kier molecular flexibility index (Phi) is 8.28. The molecule has 0 saturated carbocycles. The van der Waals surface area contributed by atoms with Crippen molar-refractivity contribution >= 4 is 29.6 Å². The third-order valence-electron chi connectivity index (χ3n) is 3.98. The number of hydrogen-bond donors (Lipinski definition) is 0.